The van der Waals surface area contributed by atoms with Crippen molar-refractivity contribution in [3.8, 4) is 11.3 Å². The summed E-state index contributed by atoms with van der Waals surface area (Å²) in [4.78, 5) is 4.12. The van der Waals surface area contributed by atoms with Crippen molar-refractivity contribution in [1.29, 1.82) is 0 Å². The second-order valence-electron chi connectivity index (χ2n) is 3.97. The first-order chi connectivity index (χ1) is 9.47. The molecule has 106 valence electrons. The highest BCUT2D eigenvalue weighted by atomic mass is 35.5. The maximum absolute atomic E-state index is 13.6. The van der Waals surface area contributed by atoms with Crippen LogP contribution in [0.4, 0.5) is 8.78 Å². The summed E-state index contributed by atoms with van der Waals surface area (Å²) in [6, 6.07) is 3.64. The number of aromatic nitrogens is 1. The van der Waals surface area contributed by atoms with Gasteiger partial charge in [-0.3, -0.25) is 4.21 Å². The van der Waals surface area contributed by atoms with Crippen LogP contribution >= 0.6 is 22.9 Å². The third kappa shape index (κ3) is 3.71. The maximum Gasteiger partial charge on any atom is 0.135 e. The number of benzene rings is 1. The third-order valence-corrected chi connectivity index (χ3v) is 4.96. The van der Waals surface area contributed by atoms with Gasteiger partial charge in [0.05, 0.1) is 22.8 Å². The summed E-state index contributed by atoms with van der Waals surface area (Å²) >= 11 is 6.78. The Hall–Kier alpha value is -1.11. The standard InChI is InChI=1S/C13H10ClF2NOS2/c1-8(14)6-20(18)7-12-17-11(5-19-12)13-9(15)3-2-4-10(13)16/h2-5H,1,6-7H2/t20-/m0/s1. The lowest BCUT2D eigenvalue weighted by atomic mass is 10.1. The van der Waals surface area contributed by atoms with Crippen LogP contribution in [0.15, 0.2) is 35.2 Å². The van der Waals surface area contributed by atoms with Crippen LogP contribution in [0.25, 0.3) is 11.3 Å². The number of hydrogen-bond acceptors (Lipinski definition) is 3. The molecule has 20 heavy (non-hydrogen) atoms. The van der Waals surface area contributed by atoms with Crippen molar-refractivity contribution >= 4 is 33.7 Å². The van der Waals surface area contributed by atoms with Crippen molar-refractivity contribution in [1.82, 2.24) is 4.98 Å². The molecule has 0 N–H and O–H groups in total. The van der Waals surface area contributed by atoms with Crippen molar-refractivity contribution in [2.45, 2.75) is 5.75 Å². The van der Waals surface area contributed by atoms with Crippen molar-refractivity contribution in [3.05, 3.63) is 51.8 Å². The lowest BCUT2D eigenvalue weighted by molar-refractivity contribution is 0.589. The van der Waals surface area contributed by atoms with E-state index < -0.39 is 22.4 Å². The molecule has 0 aliphatic carbocycles. The molecule has 0 radical (unpaired) electrons. The van der Waals surface area contributed by atoms with Gasteiger partial charge < -0.3 is 0 Å². The number of thiazole rings is 1. The average Bonchev–Trinajstić information content (AvgIpc) is 2.75. The Balaban J connectivity index is 2.21. The minimum absolute atomic E-state index is 0.164. The zero-order valence-corrected chi connectivity index (χ0v) is 12.6. The Bertz CT molecular complexity index is 652. The first-order valence-electron chi connectivity index (χ1n) is 5.54. The van der Waals surface area contributed by atoms with E-state index in [0.717, 1.165) is 0 Å². The van der Waals surface area contributed by atoms with Gasteiger partial charge in [-0.2, -0.15) is 0 Å². The van der Waals surface area contributed by atoms with Gasteiger partial charge in [0.2, 0.25) is 0 Å². The van der Waals surface area contributed by atoms with Crippen LogP contribution in [0, 0.1) is 11.6 Å². The number of nitrogens with zero attached hydrogens (tertiary/aromatic N) is 1. The van der Waals surface area contributed by atoms with Gasteiger partial charge in [-0.05, 0) is 12.1 Å². The van der Waals surface area contributed by atoms with E-state index in [9.17, 15) is 13.0 Å². The molecule has 1 heterocycles. The molecular weight excluding hydrogens is 324 g/mol. The third-order valence-electron chi connectivity index (χ3n) is 2.37. The Morgan fingerprint density at radius 1 is 1.40 bits per heavy atom. The van der Waals surface area contributed by atoms with Gasteiger partial charge >= 0.3 is 0 Å². The minimum Gasteiger partial charge on any atom is -0.259 e. The first-order valence-corrected chi connectivity index (χ1v) is 8.29. The molecule has 0 unspecified atom stereocenters. The zero-order chi connectivity index (χ0) is 14.7. The van der Waals surface area contributed by atoms with E-state index in [4.69, 9.17) is 11.6 Å². The quantitative estimate of drug-likeness (QED) is 0.825. The molecule has 0 amide bonds. The number of halogens is 3. The number of hydrogen-bond donors (Lipinski definition) is 0. The highest BCUT2D eigenvalue weighted by Gasteiger charge is 2.15. The Morgan fingerprint density at radius 2 is 2.05 bits per heavy atom. The lowest BCUT2D eigenvalue weighted by Crippen LogP contribution is -2.00. The molecule has 0 saturated carbocycles. The molecule has 0 fully saturated rings. The highest BCUT2D eigenvalue weighted by molar-refractivity contribution is 7.84. The summed E-state index contributed by atoms with van der Waals surface area (Å²) in [5, 5.41) is 2.39. The summed E-state index contributed by atoms with van der Waals surface area (Å²) in [6.45, 7) is 3.47. The van der Waals surface area contributed by atoms with E-state index in [0.29, 0.717) is 10.0 Å². The summed E-state index contributed by atoms with van der Waals surface area (Å²) < 4.78 is 38.9. The highest BCUT2D eigenvalue weighted by Crippen LogP contribution is 2.27. The van der Waals surface area contributed by atoms with Crippen LogP contribution in [-0.2, 0) is 16.6 Å². The van der Waals surface area contributed by atoms with E-state index in [1.165, 1.54) is 29.5 Å². The fraction of sp³-hybridized carbons (Fsp3) is 0.154. The predicted molar refractivity (Wildman–Crippen MR) is 79.2 cm³/mol. The first kappa shape index (κ1) is 15.3. The largest absolute Gasteiger partial charge is 0.259 e. The summed E-state index contributed by atoms with van der Waals surface area (Å²) in [5.74, 6) is -0.981. The Morgan fingerprint density at radius 3 is 2.65 bits per heavy atom. The summed E-state index contributed by atoms with van der Waals surface area (Å²) in [6.07, 6.45) is 0. The van der Waals surface area contributed by atoms with Gasteiger partial charge in [-0.15, -0.1) is 11.3 Å². The predicted octanol–water partition coefficient (Wildman–Crippen LogP) is 4.09. The van der Waals surface area contributed by atoms with Crippen LogP contribution in [0.2, 0.25) is 0 Å². The van der Waals surface area contributed by atoms with Crippen LogP contribution in [0.5, 0.6) is 0 Å². The topological polar surface area (TPSA) is 30.0 Å². The van der Waals surface area contributed by atoms with Crippen LogP contribution < -0.4 is 0 Å². The molecule has 0 spiro atoms. The van der Waals surface area contributed by atoms with Crippen molar-refractivity contribution in [2.75, 3.05) is 5.75 Å². The van der Waals surface area contributed by atoms with Crippen LogP contribution in [0.3, 0.4) is 0 Å². The van der Waals surface area contributed by atoms with E-state index in [2.05, 4.69) is 11.6 Å². The fourth-order valence-corrected chi connectivity index (χ4v) is 3.99. The minimum atomic E-state index is -1.23. The molecule has 0 bridgehead atoms. The van der Waals surface area contributed by atoms with Crippen molar-refractivity contribution in [2.24, 2.45) is 0 Å². The van der Waals surface area contributed by atoms with Gasteiger partial charge in [-0.1, -0.05) is 24.2 Å². The molecule has 0 saturated heterocycles. The van der Waals surface area contributed by atoms with E-state index >= 15 is 0 Å². The van der Waals surface area contributed by atoms with E-state index in [1.807, 2.05) is 0 Å². The van der Waals surface area contributed by atoms with Crippen molar-refractivity contribution in [3.63, 3.8) is 0 Å². The molecule has 1 atom stereocenters. The van der Waals surface area contributed by atoms with Gasteiger partial charge in [-0.25, -0.2) is 13.8 Å². The van der Waals surface area contributed by atoms with E-state index in [-0.39, 0.29) is 22.8 Å². The lowest BCUT2D eigenvalue weighted by Gasteiger charge is -2.00. The SMILES string of the molecule is C=C(Cl)C[S@](=O)Cc1nc(-c2c(F)cccc2F)cs1. The van der Waals surface area contributed by atoms with Gasteiger partial charge in [0, 0.05) is 21.2 Å². The molecular formula is C13H10ClF2NOS2. The average molecular weight is 334 g/mol. The van der Waals surface area contributed by atoms with Crippen LogP contribution in [0.1, 0.15) is 5.01 Å². The molecule has 0 aliphatic rings. The van der Waals surface area contributed by atoms with Gasteiger partial charge in [0.1, 0.15) is 16.6 Å². The van der Waals surface area contributed by atoms with E-state index in [1.54, 1.807) is 5.38 Å². The summed E-state index contributed by atoms with van der Waals surface area (Å²) in [5.41, 5.74) is 0.0461. The number of rotatable bonds is 5. The maximum atomic E-state index is 13.6. The summed E-state index contributed by atoms with van der Waals surface area (Å²) in [7, 11) is -1.23. The second kappa shape index (κ2) is 6.56. The molecule has 0 aliphatic heterocycles. The van der Waals surface area contributed by atoms with Gasteiger partial charge in [0.15, 0.2) is 0 Å². The Kier molecular flexibility index (Phi) is 5.01. The van der Waals surface area contributed by atoms with Crippen molar-refractivity contribution < 1.29 is 13.0 Å². The van der Waals surface area contributed by atoms with Crippen LogP contribution in [-0.4, -0.2) is 14.9 Å². The van der Waals surface area contributed by atoms with Gasteiger partial charge in [0.25, 0.3) is 0 Å². The molecule has 2 aromatic rings. The molecule has 7 heteroatoms. The molecule has 1 aromatic heterocycles. The fourth-order valence-electron chi connectivity index (χ4n) is 1.60. The smallest absolute Gasteiger partial charge is 0.135 e. The Labute approximate surface area is 126 Å². The second-order valence-corrected chi connectivity index (χ2v) is 6.90. The monoisotopic (exact) mass is 333 g/mol. The zero-order valence-electron chi connectivity index (χ0n) is 10.2. The molecule has 1 aromatic carbocycles. The molecule has 2 nitrogen and oxygen atoms in total. The molecule has 2 rings (SSSR count). The normalized spacial score (nSPS) is 12.3.